The van der Waals surface area contributed by atoms with Crippen LogP contribution >= 0.6 is 0 Å². The normalized spacial score (nSPS) is 13.8. The first kappa shape index (κ1) is 15.1. The molecular weight excluding hydrogens is 250 g/mol. The third-order valence-electron chi connectivity index (χ3n) is 2.88. The van der Waals surface area contributed by atoms with Crippen LogP contribution in [0.25, 0.3) is 0 Å². The van der Waals surface area contributed by atoms with Gasteiger partial charge in [-0.05, 0) is 19.4 Å². The molecule has 0 aliphatic carbocycles. The molecule has 0 heterocycles. The molecule has 1 unspecified atom stereocenters. The predicted molar refractivity (Wildman–Crippen MR) is 73.2 cm³/mol. The Kier molecular flexibility index (Phi) is 5.78. The fourth-order valence-corrected chi connectivity index (χ4v) is 2.46. The van der Waals surface area contributed by atoms with Gasteiger partial charge in [-0.2, -0.15) is 0 Å². The molecule has 0 amide bonds. The van der Waals surface area contributed by atoms with Crippen LogP contribution in [0.15, 0.2) is 30.3 Å². The fourth-order valence-electron chi connectivity index (χ4n) is 1.58. The van der Waals surface area contributed by atoms with Crippen molar-refractivity contribution >= 4 is 9.84 Å². The van der Waals surface area contributed by atoms with Gasteiger partial charge in [-0.3, -0.25) is 0 Å². The molecule has 1 rings (SSSR count). The van der Waals surface area contributed by atoms with Gasteiger partial charge in [-0.15, -0.1) is 0 Å². The van der Waals surface area contributed by atoms with Gasteiger partial charge in [0, 0.05) is 6.54 Å². The topological polar surface area (TPSA) is 66.4 Å². The Morgan fingerprint density at radius 2 is 1.83 bits per heavy atom. The van der Waals surface area contributed by atoms with Crippen molar-refractivity contribution in [1.82, 2.24) is 5.32 Å². The van der Waals surface area contributed by atoms with Gasteiger partial charge < -0.3 is 10.4 Å². The van der Waals surface area contributed by atoms with Gasteiger partial charge in [-0.1, -0.05) is 30.3 Å². The average Bonchev–Trinajstić information content (AvgIpc) is 2.35. The Morgan fingerprint density at radius 3 is 2.33 bits per heavy atom. The molecule has 4 nitrogen and oxygen atoms in total. The highest BCUT2D eigenvalue weighted by atomic mass is 32.2. The summed E-state index contributed by atoms with van der Waals surface area (Å²) in [6.45, 7) is 3.65. The minimum absolute atomic E-state index is 0.0499. The van der Waals surface area contributed by atoms with Crippen molar-refractivity contribution in [1.29, 1.82) is 0 Å². The molecule has 1 aromatic rings. The monoisotopic (exact) mass is 271 g/mol. The average molecular weight is 271 g/mol. The summed E-state index contributed by atoms with van der Waals surface area (Å²) < 4.78 is 23.3. The van der Waals surface area contributed by atoms with Gasteiger partial charge in [0.15, 0.2) is 9.84 Å². The number of hydrogen-bond donors (Lipinski definition) is 2. The molecule has 5 heteroatoms. The highest BCUT2D eigenvalue weighted by Crippen LogP contribution is 2.11. The van der Waals surface area contributed by atoms with Crippen molar-refractivity contribution in [3.05, 3.63) is 35.9 Å². The summed E-state index contributed by atoms with van der Waals surface area (Å²) in [5.41, 5.74) is 0.960. The van der Waals surface area contributed by atoms with Crippen LogP contribution in [0.3, 0.4) is 0 Å². The van der Waals surface area contributed by atoms with E-state index in [1.54, 1.807) is 13.8 Å². The van der Waals surface area contributed by atoms with Crippen LogP contribution in [-0.2, 0) is 9.84 Å². The lowest BCUT2D eigenvalue weighted by atomic mass is 10.1. The van der Waals surface area contributed by atoms with Gasteiger partial charge in [0.2, 0.25) is 0 Å². The minimum atomic E-state index is -3.03. The largest absolute Gasteiger partial charge is 0.394 e. The summed E-state index contributed by atoms with van der Waals surface area (Å²) in [5.74, 6) is 0.0913. The number of hydrogen-bond acceptors (Lipinski definition) is 4. The third kappa shape index (κ3) is 4.40. The number of aliphatic hydroxyl groups excluding tert-OH is 1. The van der Waals surface area contributed by atoms with E-state index in [0.717, 1.165) is 5.56 Å². The molecule has 0 spiro atoms. The number of benzene rings is 1. The number of rotatable bonds is 7. The quantitative estimate of drug-likeness (QED) is 0.780. The second-order valence-corrected chi connectivity index (χ2v) is 7.19. The molecule has 102 valence electrons. The zero-order valence-electron chi connectivity index (χ0n) is 10.8. The molecule has 0 saturated carbocycles. The fraction of sp³-hybridized carbons (Fsp3) is 0.538. The van der Waals surface area contributed by atoms with Gasteiger partial charge >= 0.3 is 0 Å². The number of sulfone groups is 1. The summed E-state index contributed by atoms with van der Waals surface area (Å²) in [6, 6.07) is 9.29. The van der Waals surface area contributed by atoms with Crippen molar-refractivity contribution < 1.29 is 13.5 Å². The first-order valence-electron chi connectivity index (χ1n) is 6.08. The summed E-state index contributed by atoms with van der Waals surface area (Å²) in [5, 5.41) is 12.0. The molecule has 1 aromatic carbocycles. The lowest BCUT2D eigenvalue weighted by Gasteiger charge is -2.17. The predicted octanol–water partition coefficient (Wildman–Crippen LogP) is 1.13. The molecule has 0 bridgehead atoms. The van der Waals surface area contributed by atoms with E-state index in [1.165, 1.54) is 0 Å². The van der Waals surface area contributed by atoms with Crippen LogP contribution in [0.5, 0.6) is 0 Å². The van der Waals surface area contributed by atoms with Crippen molar-refractivity contribution in [3.63, 3.8) is 0 Å². The van der Waals surface area contributed by atoms with Crippen molar-refractivity contribution in [2.75, 3.05) is 18.9 Å². The van der Waals surface area contributed by atoms with Crippen molar-refractivity contribution in [2.45, 2.75) is 25.1 Å². The zero-order valence-corrected chi connectivity index (χ0v) is 11.7. The van der Waals surface area contributed by atoms with E-state index in [-0.39, 0.29) is 23.7 Å². The van der Waals surface area contributed by atoms with E-state index in [4.69, 9.17) is 0 Å². The maximum atomic E-state index is 11.6. The Morgan fingerprint density at radius 1 is 1.22 bits per heavy atom. The lowest BCUT2D eigenvalue weighted by Crippen LogP contribution is -2.31. The molecule has 2 N–H and O–H groups in total. The Hall–Kier alpha value is -0.910. The van der Waals surface area contributed by atoms with Crippen LogP contribution in [0.4, 0.5) is 0 Å². The van der Waals surface area contributed by atoms with Crippen molar-refractivity contribution in [2.24, 2.45) is 0 Å². The summed E-state index contributed by atoms with van der Waals surface area (Å²) in [6.07, 6.45) is 0. The maximum Gasteiger partial charge on any atom is 0.153 e. The molecule has 0 saturated heterocycles. The highest BCUT2D eigenvalue weighted by Gasteiger charge is 2.16. The number of nitrogens with one attached hydrogen (secondary N) is 1. The number of aliphatic hydroxyl groups is 1. The lowest BCUT2D eigenvalue weighted by molar-refractivity contribution is 0.246. The zero-order chi connectivity index (χ0) is 13.6. The highest BCUT2D eigenvalue weighted by molar-refractivity contribution is 7.92. The summed E-state index contributed by atoms with van der Waals surface area (Å²) in [4.78, 5) is 0. The van der Waals surface area contributed by atoms with Gasteiger partial charge in [0.25, 0.3) is 0 Å². The van der Waals surface area contributed by atoms with E-state index in [1.807, 2.05) is 30.3 Å². The van der Waals surface area contributed by atoms with Gasteiger partial charge in [0.1, 0.15) is 0 Å². The van der Waals surface area contributed by atoms with Crippen LogP contribution in [0, 0.1) is 0 Å². The molecule has 1 atom stereocenters. The van der Waals surface area contributed by atoms with Crippen LogP contribution in [-0.4, -0.2) is 37.7 Å². The summed E-state index contributed by atoms with van der Waals surface area (Å²) in [7, 11) is -3.03. The molecule has 0 aromatic heterocycles. The third-order valence-corrected chi connectivity index (χ3v) is 5.09. The second-order valence-electron chi connectivity index (χ2n) is 4.52. The molecule has 0 radical (unpaired) electrons. The molecular formula is C13H21NO3S. The van der Waals surface area contributed by atoms with Gasteiger partial charge in [-0.25, -0.2) is 8.42 Å². The van der Waals surface area contributed by atoms with Gasteiger partial charge in [0.05, 0.1) is 23.7 Å². The van der Waals surface area contributed by atoms with Crippen LogP contribution in [0.2, 0.25) is 0 Å². The van der Waals surface area contributed by atoms with E-state index in [9.17, 15) is 13.5 Å². The van der Waals surface area contributed by atoms with E-state index in [0.29, 0.717) is 6.54 Å². The molecule has 18 heavy (non-hydrogen) atoms. The first-order valence-corrected chi connectivity index (χ1v) is 7.79. The Bertz CT molecular complexity index is 443. The Balaban J connectivity index is 2.52. The Labute approximate surface area is 109 Å². The summed E-state index contributed by atoms with van der Waals surface area (Å²) >= 11 is 0. The van der Waals surface area contributed by atoms with E-state index in [2.05, 4.69) is 5.32 Å². The van der Waals surface area contributed by atoms with Crippen molar-refractivity contribution in [3.8, 4) is 0 Å². The standard InChI is InChI=1S/C13H21NO3S/c1-11(2)18(16,17)9-8-14-13(10-15)12-6-4-3-5-7-12/h3-7,11,13-15H,8-10H2,1-2H3. The molecule has 0 fully saturated rings. The molecule has 0 aliphatic rings. The first-order chi connectivity index (χ1) is 8.47. The minimum Gasteiger partial charge on any atom is -0.394 e. The SMILES string of the molecule is CC(C)S(=O)(=O)CCNC(CO)c1ccccc1. The molecule has 0 aliphatic heterocycles. The maximum absolute atomic E-state index is 11.6. The second kappa shape index (κ2) is 6.87. The van der Waals surface area contributed by atoms with Crippen LogP contribution < -0.4 is 5.32 Å². The van der Waals surface area contributed by atoms with Crippen LogP contribution in [0.1, 0.15) is 25.5 Å². The van der Waals surface area contributed by atoms with E-state index >= 15 is 0 Å². The smallest absolute Gasteiger partial charge is 0.153 e. The van der Waals surface area contributed by atoms with E-state index < -0.39 is 9.84 Å².